The molecule has 2 fully saturated rings. The van der Waals surface area contributed by atoms with Crippen molar-refractivity contribution in [3.63, 3.8) is 0 Å². The molecule has 3 rings (SSSR count). The van der Waals surface area contributed by atoms with Gasteiger partial charge in [0.2, 0.25) is 0 Å². The number of hydrogen-bond donors (Lipinski definition) is 1. The van der Waals surface area contributed by atoms with Crippen LogP contribution in [0.5, 0.6) is 0 Å². The number of amides is 1. The monoisotopic (exact) mass is 338 g/mol. The Morgan fingerprint density at radius 1 is 1.33 bits per heavy atom. The summed E-state index contributed by atoms with van der Waals surface area (Å²) in [7, 11) is 3.86. The Morgan fingerprint density at radius 3 is 2.71 bits per heavy atom. The van der Waals surface area contributed by atoms with Crippen LogP contribution in [0.15, 0.2) is 6.33 Å². The van der Waals surface area contributed by atoms with Gasteiger partial charge in [0.25, 0.3) is 5.91 Å². The highest BCUT2D eigenvalue weighted by atomic mass is 16.5. The van der Waals surface area contributed by atoms with E-state index < -0.39 is 11.1 Å². The van der Waals surface area contributed by atoms with E-state index in [0.717, 1.165) is 6.42 Å². The van der Waals surface area contributed by atoms with Crippen molar-refractivity contribution in [2.75, 3.05) is 46.9 Å². The van der Waals surface area contributed by atoms with Gasteiger partial charge < -0.3 is 19.6 Å². The second-order valence-electron chi connectivity index (χ2n) is 7.19. The summed E-state index contributed by atoms with van der Waals surface area (Å²) in [6, 6.07) is 0. The average Bonchev–Trinajstić information content (AvgIpc) is 3.08. The first-order chi connectivity index (χ1) is 11.5. The minimum absolute atomic E-state index is 0.0185. The van der Waals surface area contributed by atoms with Crippen LogP contribution >= 0.6 is 0 Å². The Hall–Kier alpha value is -1.58. The molecule has 0 aliphatic carbocycles. The standard InChI is InChI=1S/C15H26N6O3/c1-19(2)10-14(23)4-3-7-20(11-14)13(22)15(5-8-24-9-6-15)21-12-16-17-18-21/h12,23H,3-11H2,1-2H3. The number of nitrogens with zero attached hydrogens (tertiary/aromatic N) is 6. The van der Waals surface area contributed by atoms with Gasteiger partial charge in [0.1, 0.15) is 11.9 Å². The molecule has 0 spiro atoms. The number of rotatable bonds is 4. The SMILES string of the molecule is CN(C)CC1(O)CCCN(C(=O)C2(n3cnnn3)CCOCC2)C1. The number of β-amino-alcohol motifs (C(OH)–C–C–N with tert-alkyl or cyclic N) is 1. The van der Waals surface area contributed by atoms with E-state index in [1.54, 1.807) is 9.58 Å². The zero-order chi connectivity index (χ0) is 17.2. The number of likely N-dealkylation sites (N-methyl/N-ethyl adjacent to an activating group) is 1. The van der Waals surface area contributed by atoms with E-state index in [0.29, 0.717) is 52.1 Å². The predicted octanol–water partition coefficient (Wildman–Crippen LogP) is -0.906. The smallest absolute Gasteiger partial charge is 0.250 e. The summed E-state index contributed by atoms with van der Waals surface area (Å²) in [6.07, 6.45) is 4.08. The average molecular weight is 338 g/mol. The highest BCUT2D eigenvalue weighted by Crippen LogP contribution is 2.33. The number of aliphatic hydroxyl groups is 1. The fraction of sp³-hybridized carbons (Fsp3) is 0.867. The minimum Gasteiger partial charge on any atom is -0.387 e. The van der Waals surface area contributed by atoms with Crippen LogP contribution in [0.1, 0.15) is 25.7 Å². The molecule has 1 amide bonds. The van der Waals surface area contributed by atoms with E-state index in [9.17, 15) is 9.90 Å². The zero-order valence-corrected chi connectivity index (χ0v) is 14.4. The van der Waals surface area contributed by atoms with Crippen LogP contribution in [0, 0.1) is 0 Å². The van der Waals surface area contributed by atoms with Gasteiger partial charge in [0.05, 0.1) is 12.1 Å². The Balaban J connectivity index is 1.82. The van der Waals surface area contributed by atoms with Crippen molar-refractivity contribution in [2.24, 2.45) is 0 Å². The topological polar surface area (TPSA) is 96.6 Å². The van der Waals surface area contributed by atoms with Gasteiger partial charge in [-0.05, 0) is 37.4 Å². The molecule has 1 atom stereocenters. The molecule has 1 aromatic rings. The fourth-order valence-electron chi connectivity index (χ4n) is 3.91. The van der Waals surface area contributed by atoms with E-state index in [2.05, 4.69) is 15.5 Å². The Labute approximate surface area is 141 Å². The second kappa shape index (κ2) is 6.73. The van der Waals surface area contributed by atoms with E-state index in [-0.39, 0.29) is 5.91 Å². The largest absolute Gasteiger partial charge is 0.387 e. The molecule has 0 radical (unpaired) electrons. The van der Waals surface area contributed by atoms with E-state index >= 15 is 0 Å². The molecule has 0 saturated carbocycles. The summed E-state index contributed by atoms with van der Waals surface area (Å²) in [5, 5.41) is 22.3. The molecule has 9 heteroatoms. The molecular formula is C15H26N6O3. The minimum atomic E-state index is -0.871. The zero-order valence-electron chi connectivity index (χ0n) is 14.4. The van der Waals surface area contributed by atoms with Gasteiger partial charge in [-0.2, -0.15) is 0 Å². The van der Waals surface area contributed by atoms with Crippen molar-refractivity contribution in [1.82, 2.24) is 30.0 Å². The molecule has 0 aromatic carbocycles. The summed E-state index contributed by atoms with van der Waals surface area (Å²) < 4.78 is 7.01. The van der Waals surface area contributed by atoms with E-state index in [1.165, 1.54) is 6.33 Å². The quantitative estimate of drug-likeness (QED) is 0.759. The molecule has 134 valence electrons. The maximum Gasteiger partial charge on any atom is 0.250 e. The molecule has 9 nitrogen and oxygen atoms in total. The lowest BCUT2D eigenvalue weighted by atomic mass is 9.85. The van der Waals surface area contributed by atoms with Gasteiger partial charge in [0.15, 0.2) is 0 Å². The number of likely N-dealkylation sites (tertiary alicyclic amines) is 1. The van der Waals surface area contributed by atoms with E-state index in [4.69, 9.17) is 4.74 Å². The van der Waals surface area contributed by atoms with Crippen molar-refractivity contribution >= 4 is 5.91 Å². The van der Waals surface area contributed by atoms with Gasteiger partial charge in [-0.25, -0.2) is 4.68 Å². The lowest BCUT2D eigenvalue weighted by Gasteiger charge is -2.45. The van der Waals surface area contributed by atoms with Crippen LogP contribution in [0.2, 0.25) is 0 Å². The van der Waals surface area contributed by atoms with Crippen molar-refractivity contribution in [1.29, 1.82) is 0 Å². The van der Waals surface area contributed by atoms with Crippen LogP contribution in [0.25, 0.3) is 0 Å². The Kier molecular flexibility index (Phi) is 4.84. The van der Waals surface area contributed by atoms with Crippen molar-refractivity contribution in [3.05, 3.63) is 6.33 Å². The predicted molar refractivity (Wildman–Crippen MR) is 85.2 cm³/mol. The van der Waals surface area contributed by atoms with Gasteiger partial charge in [-0.1, -0.05) is 0 Å². The lowest BCUT2D eigenvalue weighted by Crippen LogP contribution is -2.60. The summed E-state index contributed by atoms with van der Waals surface area (Å²) >= 11 is 0. The molecule has 1 aromatic heterocycles. The fourth-order valence-corrected chi connectivity index (χ4v) is 3.91. The molecular weight excluding hydrogens is 312 g/mol. The number of carbonyl (C=O) groups is 1. The van der Waals surface area contributed by atoms with Crippen molar-refractivity contribution in [3.8, 4) is 0 Å². The molecule has 0 bridgehead atoms. The Bertz CT molecular complexity index is 558. The highest BCUT2D eigenvalue weighted by Gasteiger charge is 2.48. The third-order valence-electron chi connectivity index (χ3n) is 4.96. The number of carbonyl (C=O) groups excluding carboxylic acids is 1. The highest BCUT2D eigenvalue weighted by molar-refractivity contribution is 5.84. The number of piperidine rings is 1. The van der Waals surface area contributed by atoms with E-state index in [1.807, 2.05) is 19.0 Å². The maximum absolute atomic E-state index is 13.4. The molecule has 1 N–H and O–H groups in total. The normalized spacial score (nSPS) is 27.4. The second-order valence-corrected chi connectivity index (χ2v) is 7.19. The molecule has 24 heavy (non-hydrogen) atoms. The first-order valence-corrected chi connectivity index (χ1v) is 8.43. The van der Waals surface area contributed by atoms with Crippen LogP contribution in [0.3, 0.4) is 0 Å². The lowest BCUT2D eigenvalue weighted by molar-refractivity contribution is -0.154. The Morgan fingerprint density at radius 2 is 2.08 bits per heavy atom. The van der Waals surface area contributed by atoms with Crippen molar-refractivity contribution in [2.45, 2.75) is 36.8 Å². The third-order valence-corrected chi connectivity index (χ3v) is 4.96. The first kappa shape index (κ1) is 17.2. The van der Waals surface area contributed by atoms with Crippen LogP contribution in [0.4, 0.5) is 0 Å². The number of aromatic nitrogens is 4. The summed E-state index contributed by atoms with van der Waals surface area (Å²) in [4.78, 5) is 17.1. The summed E-state index contributed by atoms with van der Waals surface area (Å²) in [5.41, 5.74) is -1.68. The summed E-state index contributed by atoms with van der Waals surface area (Å²) in [6.45, 7) is 2.54. The number of tetrazole rings is 1. The maximum atomic E-state index is 13.4. The third kappa shape index (κ3) is 3.28. The number of ether oxygens (including phenoxy) is 1. The number of hydrogen-bond acceptors (Lipinski definition) is 7. The molecule has 1 unspecified atom stereocenters. The van der Waals surface area contributed by atoms with Gasteiger partial charge in [0, 0.05) is 39.1 Å². The first-order valence-electron chi connectivity index (χ1n) is 8.43. The van der Waals surface area contributed by atoms with Gasteiger partial charge in [-0.3, -0.25) is 4.79 Å². The van der Waals surface area contributed by atoms with Crippen LogP contribution < -0.4 is 0 Å². The molecule has 2 aliphatic rings. The molecule has 3 heterocycles. The van der Waals surface area contributed by atoms with Gasteiger partial charge >= 0.3 is 0 Å². The van der Waals surface area contributed by atoms with Gasteiger partial charge in [-0.15, -0.1) is 5.10 Å². The van der Waals surface area contributed by atoms with Crippen molar-refractivity contribution < 1.29 is 14.6 Å². The van der Waals surface area contributed by atoms with Crippen LogP contribution in [-0.2, 0) is 15.1 Å². The van der Waals surface area contributed by atoms with Crippen LogP contribution in [-0.4, -0.2) is 93.6 Å². The molecule has 2 saturated heterocycles. The molecule has 2 aliphatic heterocycles. The summed E-state index contributed by atoms with van der Waals surface area (Å²) in [5.74, 6) is -0.0185.